The number of hydrogen-bond acceptors (Lipinski definition) is 5. The highest BCUT2D eigenvalue weighted by Gasteiger charge is 2.37. The summed E-state index contributed by atoms with van der Waals surface area (Å²) in [7, 11) is 0. The molecule has 0 unspecified atom stereocenters. The standard InChI is InChI=1S/C20H22N2O4/c23-19(11-10-16-6-4-5-9-18(16)22(24)25)26-20(12-14-21-15-13-20)17-7-2-1-3-8-17/h1-9,21H,10-15H2. The number of nitro groups is 1. The Kier molecular flexibility index (Phi) is 5.63. The number of hydrogen-bond donors (Lipinski definition) is 1. The number of para-hydroxylation sites is 1. The van der Waals surface area contributed by atoms with Crippen LogP contribution in [0.2, 0.25) is 0 Å². The van der Waals surface area contributed by atoms with E-state index in [1.54, 1.807) is 18.2 Å². The largest absolute Gasteiger partial charge is 0.454 e. The fourth-order valence-electron chi connectivity index (χ4n) is 3.43. The molecule has 1 saturated heterocycles. The summed E-state index contributed by atoms with van der Waals surface area (Å²) in [5, 5.41) is 14.4. The van der Waals surface area contributed by atoms with E-state index in [1.165, 1.54) is 6.07 Å². The molecule has 1 fully saturated rings. The van der Waals surface area contributed by atoms with Crippen LogP contribution in [0.4, 0.5) is 5.69 Å². The summed E-state index contributed by atoms with van der Waals surface area (Å²) in [4.78, 5) is 23.2. The Labute approximate surface area is 152 Å². The number of nitrogens with zero attached hydrogens (tertiary/aromatic N) is 1. The van der Waals surface area contributed by atoms with E-state index in [4.69, 9.17) is 4.74 Å². The molecule has 1 aliphatic heterocycles. The van der Waals surface area contributed by atoms with Crippen molar-refractivity contribution in [2.45, 2.75) is 31.3 Å². The fourth-order valence-corrected chi connectivity index (χ4v) is 3.43. The number of nitro benzene ring substituents is 1. The molecule has 1 heterocycles. The highest BCUT2D eigenvalue weighted by atomic mass is 16.6. The van der Waals surface area contributed by atoms with Crippen LogP contribution in [0, 0.1) is 10.1 Å². The Morgan fingerprint density at radius 1 is 1.08 bits per heavy atom. The van der Waals surface area contributed by atoms with Gasteiger partial charge in [0.05, 0.1) is 4.92 Å². The van der Waals surface area contributed by atoms with Crippen LogP contribution in [-0.4, -0.2) is 24.0 Å². The first kappa shape index (κ1) is 18.1. The number of carbonyl (C=O) groups excluding carboxylic acids is 1. The van der Waals surface area contributed by atoms with E-state index in [1.807, 2.05) is 30.3 Å². The van der Waals surface area contributed by atoms with Gasteiger partial charge in [0, 0.05) is 30.9 Å². The SMILES string of the molecule is O=C(CCc1ccccc1[N+](=O)[O-])OC1(c2ccccc2)CCNCC1. The molecule has 0 aliphatic carbocycles. The maximum Gasteiger partial charge on any atom is 0.307 e. The molecule has 0 saturated carbocycles. The van der Waals surface area contributed by atoms with Crippen LogP contribution < -0.4 is 5.32 Å². The van der Waals surface area contributed by atoms with E-state index >= 15 is 0 Å². The minimum absolute atomic E-state index is 0.0416. The van der Waals surface area contributed by atoms with Gasteiger partial charge < -0.3 is 10.1 Å². The maximum atomic E-state index is 12.5. The van der Waals surface area contributed by atoms with Crippen molar-refractivity contribution in [3.63, 3.8) is 0 Å². The molecule has 1 N–H and O–H groups in total. The minimum atomic E-state index is -0.619. The van der Waals surface area contributed by atoms with Crippen molar-refractivity contribution >= 4 is 11.7 Å². The highest BCUT2D eigenvalue weighted by Crippen LogP contribution is 2.35. The number of ether oxygens (including phenoxy) is 1. The lowest BCUT2D eigenvalue weighted by molar-refractivity contribution is -0.385. The van der Waals surface area contributed by atoms with Gasteiger partial charge in [-0.25, -0.2) is 0 Å². The third kappa shape index (κ3) is 4.08. The smallest absolute Gasteiger partial charge is 0.307 e. The maximum absolute atomic E-state index is 12.5. The van der Waals surface area contributed by atoms with Crippen LogP contribution in [0.25, 0.3) is 0 Å². The summed E-state index contributed by atoms with van der Waals surface area (Å²) >= 11 is 0. The second-order valence-electron chi connectivity index (χ2n) is 6.47. The van der Waals surface area contributed by atoms with E-state index in [2.05, 4.69) is 5.32 Å². The van der Waals surface area contributed by atoms with Gasteiger partial charge in [-0.2, -0.15) is 0 Å². The summed E-state index contributed by atoms with van der Waals surface area (Å²) in [6.07, 6.45) is 1.84. The molecule has 3 rings (SSSR count). The van der Waals surface area contributed by atoms with Crippen molar-refractivity contribution < 1.29 is 14.5 Å². The van der Waals surface area contributed by atoms with Crippen molar-refractivity contribution in [3.05, 3.63) is 75.8 Å². The third-order valence-electron chi connectivity index (χ3n) is 4.81. The summed E-state index contributed by atoms with van der Waals surface area (Å²) in [6, 6.07) is 16.3. The van der Waals surface area contributed by atoms with Gasteiger partial charge in [0.25, 0.3) is 5.69 Å². The monoisotopic (exact) mass is 354 g/mol. The Balaban J connectivity index is 1.70. The van der Waals surface area contributed by atoms with Crippen molar-refractivity contribution in [2.24, 2.45) is 0 Å². The number of aryl methyl sites for hydroxylation is 1. The van der Waals surface area contributed by atoms with Crippen LogP contribution in [0.1, 0.15) is 30.4 Å². The number of piperidine rings is 1. The number of rotatable bonds is 6. The Morgan fingerprint density at radius 3 is 2.42 bits per heavy atom. The number of nitrogens with one attached hydrogen (secondary N) is 1. The van der Waals surface area contributed by atoms with Gasteiger partial charge in [0.15, 0.2) is 0 Å². The Hall–Kier alpha value is -2.73. The van der Waals surface area contributed by atoms with Crippen molar-refractivity contribution in [1.82, 2.24) is 5.32 Å². The lowest BCUT2D eigenvalue weighted by atomic mass is 9.84. The summed E-state index contributed by atoms with van der Waals surface area (Å²) in [5.74, 6) is -0.325. The molecule has 0 atom stereocenters. The Morgan fingerprint density at radius 2 is 1.73 bits per heavy atom. The van der Waals surface area contributed by atoms with E-state index in [9.17, 15) is 14.9 Å². The third-order valence-corrected chi connectivity index (χ3v) is 4.81. The molecule has 6 nitrogen and oxygen atoms in total. The molecule has 2 aromatic rings. The number of benzene rings is 2. The first-order valence-corrected chi connectivity index (χ1v) is 8.81. The molecule has 6 heteroatoms. The predicted octanol–water partition coefficient (Wildman–Crippen LogP) is 3.35. The van der Waals surface area contributed by atoms with Crippen LogP contribution in [0.15, 0.2) is 54.6 Å². The van der Waals surface area contributed by atoms with Gasteiger partial charge in [-0.3, -0.25) is 14.9 Å². The zero-order chi connectivity index (χ0) is 18.4. The molecular formula is C20H22N2O4. The predicted molar refractivity (Wildman–Crippen MR) is 97.7 cm³/mol. The average molecular weight is 354 g/mol. The van der Waals surface area contributed by atoms with Gasteiger partial charge >= 0.3 is 5.97 Å². The molecule has 2 aromatic carbocycles. The first-order valence-electron chi connectivity index (χ1n) is 8.81. The second kappa shape index (κ2) is 8.10. The van der Waals surface area contributed by atoms with E-state index in [0.29, 0.717) is 24.8 Å². The van der Waals surface area contributed by atoms with Gasteiger partial charge in [-0.15, -0.1) is 0 Å². The van der Waals surface area contributed by atoms with Crippen molar-refractivity contribution in [3.8, 4) is 0 Å². The fraction of sp³-hybridized carbons (Fsp3) is 0.350. The lowest BCUT2D eigenvalue weighted by Gasteiger charge is -2.37. The van der Waals surface area contributed by atoms with Crippen LogP contribution in [0.3, 0.4) is 0 Å². The number of carbonyl (C=O) groups is 1. The van der Waals surface area contributed by atoms with Crippen molar-refractivity contribution in [2.75, 3.05) is 13.1 Å². The van der Waals surface area contributed by atoms with Crippen molar-refractivity contribution in [1.29, 1.82) is 0 Å². The first-order chi connectivity index (χ1) is 12.6. The quantitative estimate of drug-likeness (QED) is 0.489. The normalized spacial score (nSPS) is 16.0. The zero-order valence-electron chi connectivity index (χ0n) is 14.5. The van der Waals surface area contributed by atoms with E-state index in [0.717, 1.165) is 18.7 Å². The van der Waals surface area contributed by atoms with Crippen LogP contribution >= 0.6 is 0 Å². The molecule has 0 aromatic heterocycles. The average Bonchev–Trinajstić information content (AvgIpc) is 2.68. The molecular weight excluding hydrogens is 332 g/mol. The molecule has 136 valence electrons. The van der Waals surface area contributed by atoms with E-state index in [-0.39, 0.29) is 18.1 Å². The molecule has 1 aliphatic rings. The van der Waals surface area contributed by atoms with Gasteiger partial charge in [0.1, 0.15) is 5.60 Å². The second-order valence-corrected chi connectivity index (χ2v) is 6.47. The molecule has 0 radical (unpaired) electrons. The number of esters is 1. The summed E-state index contributed by atoms with van der Waals surface area (Å²) in [5.41, 5.74) is 0.973. The molecule has 26 heavy (non-hydrogen) atoms. The topological polar surface area (TPSA) is 81.5 Å². The van der Waals surface area contributed by atoms with Crippen LogP contribution in [-0.2, 0) is 21.6 Å². The lowest BCUT2D eigenvalue weighted by Crippen LogP contribution is -2.43. The summed E-state index contributed by atoms with van der Waals surface area (Å²) < 4.78 is 5.94. The van der Waals surface area contributed by atoms with Gasteiger partial charge in [-0.1, -0.05) is 48.5 Å². The zero-order valence-corrected chi connectivity index (χ0v) is 14.5. The van der Waals surface area contributed by atoms with Crippen LogP contribution in [0.5, 0.6) is 0 Å². The highest BCUT2D eigenvalue weighted by molar-refractivity contribution is 5.71. The van der Waals surface area contributed by atoms with E-state index < -0.39 is 10.5 Å². The molecule has 0 bridgehead atoms. The molecule has 0 spiro atoms. The van der Waals surface area contributed by atoms with Gasteiger partial charge in [-0.05, 0) is 25.1 Å². The van der Waals surface area contributed by atoms with Gasteiger partial charge in [0.2, 0.25) is 0 Å². The Bertz CT molecular complexity index is 770. The summed E-state index contributed by atoms with van der Waals surface area (Å²) in [6.45, 7) is 1.57. The molecule has 0 amide bonds. The minimum Gasteiger partial charge on any atom is -0.454 e.